The van der Waals surface area contributed by atoms with Gasteiger partial charge in [-0.1, -0.05) is 18.5 Å². The smallest absolute Gasteiger partial charge is 0.207 e. The van der Waals surface area contributed by atoms with Crippen molar-refractivity contribution in [3.05, 3.63) is 28.3 Å². The van der Waals surface area contributed by atoms with Gasteiger partial charge < -0.3 is 0 Å². The molecular formula is C14H21Cl2NO2S. The summed E-state index contributed by atoms with van der Waals surface area (Å²) in [5.74, 6) is 0.240. The van der Waals surface area contributed by atoms with Crippen molar-refractivity contribution < 1.29 is 8.42 Å². The lowest BCUT2D eigenvalue weighted by molar-refractivity contribution is 0.354. The summed E-state index contributed by atoms with van der Waals surface area (Å²) < 4.78 is 27.2. The summed E-state index contributed by atoms with van der Waals surface area (Å²) >= 11 is 11.9. The van der Waals surface area contributed by atoms with Gasteiger partial charge in [0.05, 0.1) is 4.90 Å². The van der Waals surface area contributed by atoms with Gasteiger partial charge in [-0.25, -0.2) is 8.42 Å². The molecule has 3 nitrogen and oxygen atoms in total. The Morgan fingerprint density at radius 3 is 2.35 bits per heavy atom. The van der Waals surface area contributed by atoms with Crippen molar-refractivity contribution >= 4 is 33.2 Å². The van der Waals surface area contributed by atoms with Crippen LogP contribution >= 0.6 is 23.2 Å². The summed E-state index contributed by atoms with van der Waals surface area (Å²) in [6.07, 6.45) is 0.763. The van der Waals surface area contributed by atoms with E-state index in [0.717, 1.165) is 12.0 Å². The molecule has 0 unspecified atom stereocenters. The van der Waals surface area contributed by atoms with Crippen LogP contribution < -0.4 is 0 Å². The second-order valence-corrected chi connectivity index (χ2v) is 7.59. The molecule has 0 atom stereocenters. The molecule has 0 radical (unpaired) electrons. The van der Waals surface area contributed by atoms with E-state index < -0.39 is 10.0 Å². The predicted molar refractivity (Wildman–Crippen MR) is 85.1 cm³/mol. The van der Waals surface area contributed by atoms with Gasteiger partial charge in [-0.05, 0) is 50.5 Å². The molecule has 0 spiro atoms. The first kappa shape index (κ1) is 17.8. The van der Waals surface area contributed by atoms with Gasteiger partial charge in [0.1, 0.15) is 0 Å². The van der Waals surface area contributed by atoms with Crippen molar-refractivity contribution in [2.45, 2.75) is 50.9 Å². The first-order valence-corrected chi connectivity index (χ1v) is 8.97. The molecule has 0 aromatic heterocycles. The zero-order valence-electron chi connectivity index (χ0n) is 12.3. The number of hydrogen-bond donors (Lipinski definition) is 0. The van der Waals surface area contributed by atoms with Crippen LogP contribution in [0, 0.1) is 6.92 Å². The van der Waals surface area contributed by atoms with Crippen molar-refractivity contribution in [1.82, 2.24) is 4.31 Å². The summed E-state index contributed by atoms with van der Waals surface area (Å²) in [6, 6.07) is 3.12. The minimum atomic E-state index is -3.56. The fourth-order valence-electron chi connectivity index (χ4n) is 2.12. The Balaban J connectivity index is 3.45. The van der Waals surface area contributed by atoms with E-state index in [1.807, 2.05) is 20.8 Å². The molecule has 0 saturated heterocycles. The van der Waals surface area contributed by atoms with Gasteiger partial charge in [0, 0.05) is 23.5 Å². The first-order valence-electron chi connectivity index (χ1n) is 6.62. The number of halogens is 2. The Morgan fingerprint density at radius 2 is 1.90 bits per heavy atom. The summed E-state index contributed by atoms with van der Waals surface area (Å²) in [5, 5.41) is 0.394. The summed E-state index contributed by atoms with van der Waals surface area (Å²) in [4.78, 5) is 0.253. The maximum atomic E-state index is 12.8. The fourth-order valence-corrected chi connectivity index (χ4v) is 4.73. The SMILES string of the molecule is CCCN(C(C)C)S(=O)(=O)c1cc(Cl)cc(CCl)c1C. The molecule has 0 aliphatic rings. The van der Waals surface area contributed by atoms with Crippen LogP contribution in [0.2, 0.25) is 5.02 Å². The summed E-state index contributed by atoms with van der Waals surface area (Å²) in [6.45, 7) is 7.96. The number of benzene rings is 1. The average molecular weight is 338 g/mol. The van der Waals surface area contributed by atoms with Crippen molar-refractivity contribution in [3.63, 3.8) is 0 Å². The highest BCUT2D eigenvalue weighted by molar-refractivity contribution is 7.89. The Hall–Kier alpha value is -0.290. The molecule has 0 fully saturated rings. The van der Waals surface area contributed by atoms with E-state index >= 15 is 0 Å². The molecule has 0 aliphatic heterocycles. The van der Waals surface area contributed by atoms with Crippen LogP contribution in [-0.4, -0.2) is 25.3 Å². The second kappa shape index (κ2) is 7.12. The van der Waals surface area contributed by atoms with E-state index in [2.05, 4.69) is 0 Å². The minimum absolute atomic E-state index is 0.0993. The van der Waals surface area contributed by atoms with Crippen molar-refractivity contribution in [1.29, 1.82) is 0 Å². The molecule has 0 N–H and O–H groups in total. The molecule has 6 heteroatoms. The molecule has 0 bridgehead atoms. The van der Waals surface area contributed by atoms with Crippen LogP contribution in [-0.2, 0) is 15.9 Å². The predicted octanol–water partition coefficient (Wildman–Crippen LogP) is 4.20. The molecule has 114 valence electrons. The highest BCUT2D eigenvalue weighted by Gasteiger charge is 2.28. The van der Waals surface area contributed by atoms with E-state index in [1.165, 1.54) is 10.4 Å². The fraction of sp³-hybridized carbons (Fsp3) is 0.571. The van der Waals surface area contributed by atoms with E-state index in [0.29, 0.717) is 17.1 Å². The lowest BCUT2D eigenvalue weighted by atomic mass is 10.1. The van der Waals surface area contributed by atoms with Crippen LogP contribution in [0.4, 0.5) is 0 Å². The topological polar surface area (TPSA) is 37.4 Å². The van der Waals surface area contributed by atoms with Gasteiger partial charge in [0.25, 0.3) is 0 Å². The quantitative estimate of drug-likeness (QED) is 0.729. The van der Waals surface area contributed by atoms with Crippen LogP contribution in [0.25, 0.3) is 0 Å². The van der Waals surface area contributed by atoms with Crippen LogP contribution in [0.3, 0.4) is 0 Å². The molecule has 20 heavy (non-hydrogen) atoms. The average Bonchev–Trinajstić information content (AvgIpc) is 2.37. The second-order valence-electron chi connectivity index (χ2n) is 5.03. The summed E-state index contributed by atoms with van der Waals surface area (Å²) in [5.41, 5.74) is 1.42. The Bertz CT molecular complexity index is 571. The molecular weight excluding hydrogens is 317 g/mol. The zero-order valence-corrected chi connectivity index (χ0v) is 14.6. The molecule has 1 aromatic carbocycles. The van der Waals surface area contributed by atoms with Gasteiger partial charge in [-0.15, -0.1) is 11.6 Å². The van der Waals surface area contributed by atoms with E-state index in [9.17, 15) is 8.42 Å². The van der Waals surface area contributed by atoms with Crippen LogP contribution in [0.1, 0.15) is 38.3 Å². The number of sulfonamides is 1. The maximum Gasteiger partial charge on any atom is 0.243 e. The van der Waals surface area contributed by atoms with Gasteiger partial charge in [-0.2, -0.15) is 4.31 Å². The monoisotopic (exact) mass is 337 g/mol. The third-order valence-electron chi connectivity index (χ3n) is 3.18. The Labute approximate surface area is 131 Å². The van der Waals surface area contributed by atoms with Gasteiger partial charge >= 0.3 is 0 Å². The van der Waals surface area contributed by atoms with Crippen molar-refractivity contribution in [2.24, 2.45) is 0 Å². The van der Waals surface area contributed by atoms with Gasteiger partial charge in [-0.3, -0.25) is 0 Å². The Kier molecular flexibility index (Phi) is 6.32. The normalized spacial score (nSPS) is 12.4. The van der Waals surface area contributed by atoms with Crippen LogP contribution in [0.5, 0.6) is 0 Å². The number of hydrogen-bond acceptors (Lipinski definition) is 2. The number of nitrogens with zero attached hydrogens (tertiary/aromatic N) is 1. The number of rotatable bonds is 6. The molecule has 0 saturated carbocycles. The van der Waals surface area contributed by atoms with Crippen LogP contribution in [0.15, 0.2) is 17.0 Å². The van der Waals surface area contributed by atoms with E-state index in [-0.39, 0.29) is 16.8 Å². The summed E-state index contributed by atoms with van der Waals surface area (Å²) in [7, 11) is -3.56. The molecule has 1 aromatic rings. The standard InChI is InChI=1S/C14H21Cl2NO2S/c1-5-6-17(10(2)3)20(18,19)14-8-13(16)7-12(9-15)11(14)4/h7-8,10H,5-6,9H2,1-4H3. The highest BCUT2D eigenvalue weighted by atomic mass is 35.5. The lowest BCUT2D eigenvalue weighted by Gasteiger charge is -2.26. The van der Waals surface area contributed by atoms with E-state index in [4.69, 9.17) is 23.2 Å². The molecule has 1 rings (SSSR count). The lowest BCUT2D eigenvalue weighted by Crippen LogP contribution is -2.37. The van der Waals surface area contributed by atoms with Gasteiger partial charge in [0.15, 0.2) is 0 Å². The molecule has 0 amide bonds. The number of alkyl halides is 1. The Morgan fingerprint density at radius 1 is 1.30 bits per heavy atom. The highest BCUT2D eigenvalue weighted by Crippen LogP contribution is 2.28. The molecule has 0 aliphatic carbocycles. The van der Waals surface area contributed by atoms with Crippen molar-refractivity contribution in [3.8, 4) is 0 Å². The third-order valence-corrected chi connectivity index (χ3v) is 5.89. The molecule has 0 heterocycles. The third kappa shape index (κ3) is 3.67. The van der Waals surface area contributed by atoms with E-state index in [1.54, 1.807) is 13.0 Å². The zero-order chi connectivity index (χ0) is 15.5. The maximum absolute atomic E-state index is 12.8. The largest absolute Gasteiger partial charge is 0.243 e. The van der Waals surface area contributed by atoms with Gasteiger partial charge in [0.2, 0.25) is 10.0 Å². The van der Waals surface area contributed by atoms with Crippen molar-refractivity contribution in [2.75, 3.05) is 6.54 Å². The first-order chi connectivity index (χ1) is 9.25. The minimum Gasteiger partial charge on any atom is -0.207 e.